The van der Waals surface area contributed by atoms with Crippen LogP contribution in [0.4, 0.5) is 0 Å². The van der Waals surface area contributed by atoms with Gasteiger partial charge in [-0.25, -0.2) is 0 Å². The van der Waals surface area contributed by atoms with Gasteiger partial charge in [-0.1, -0.05) is 37.8 Å². The van der Waals surface area contributed by atoms with Gasteiger partial charge in [0.15, 0.2) is 0 Å². The molecule has 2 aliphatic rings. The molecule has 5 heteroatoms. The monoisotopic (exact) mass is 464 g/mol. The second-order valence-electron chi connectivity index (χ2n) is 11.7. The molecule has 0 bridgehead atoms. The lowest BCUT2D eigenvalue weighted by molar-refractivity contribution is -0.146. The number of carboxylic acids is 1. The summed E-state index contributed by atoms with van der Waals surface area (Å²) < 4.78 is 2.35. The number of hydrogen-bond acceptors (Lipinski definition) is 2. The van der Waals surface area contributed by atoms with Crippen LogP contribution in [0.15, 0.2) is 24.3 Å². The van der Waals surface area contributed by atoms with Gasteiger partial charge in [-0.05, 0) is 94.0 Å². The van der Waals surface area contributed by atoms with E-state index in [0.29, 0.717) is 11.5 Å². The van der Waals surface area contributed by atoms with Gasteiger partial charge in [-0.15, -0.1) is 0 Å². The molecule has 0 aliphatic heterocycles. The number of nitrogens with one attached hydrogen (secondary N) is 1. The maximum Gasteiger partial charge on any atom is 0.310 e. The number of carbonyl (C=O) groups is 2. The van der Waals surface area contributed by atoms with Gasteiger partial charge in [0.05, 0.1) is 11.0 Å². The fraction of sp³-hybridized carbons (Fsp3) is 0.586. The third kappa shape index (κ3) is 5.08. The molecular weight excluding hydrogens is 424 g/mol. The molecule has 0 spiro atoms. The zero-order valence-electron chi connectivity index (χ0n) is 21.5. The lowest BCUT2D eigenvalue weighted by atomic mass is 9.89. The lowest BCUT2D eigenvalue weighted by Gasteiger charge is -2.24. The van der Waals surface area contributed by atoms with Crippen molar-refractivity contribution in [2.45, 2.75) is 91.5 Å². The molecule has 2 aliphatic carbocycles. The van der Waals surface area contributed by atoms with Gasteiger partial charge in [0.1, 0.15) is 0 Å². The number of amides is 1. The standard InChI is InChI=1S/C29H40N2O3/c1-19-13-22(15-23(14-19)29(5)11-12-29)25-16-24(26(32)30-18-28(3,4)27(33)34)20(2)31(25)17-21-9-7-6-8-10-21/h13-16,21H,6-12,17-18H2,1-5H3,(H,30,32)(H,33,34). The van der Waals surface area contributed by atoms with Crippen LogP contribution in [0.2, 0.25) is 0 Å². The van der Waals surface area contributed by atoms with Gasteiger partial charge in [0.2, 0.25) is 0 Å². The number of rotatable bonds is 8. The van der Waals surface area contributed by atoms with E-state index in [-0.39, 0.29) is 17.9 Å². The van der Waals surface area contributed by atoms with Crippen LogP contribution < -0.4 is 5.32 Å². The predicted octanol–water partition coefficient (Wildman–Crippen LogP) is 6.24. The van der Waals surface area contributed by atoms with E-state index in [1.54, 1.807) is 13.8 Å². The first-order valence-corrected chi connectivity index (χ1v) is 12.8. The second-order valence-corrected chi connectivity index (χ2v) is 11.7. The van der Waals surface area contributed by atoms with Gasteiger partial charge in [-0.3, -0.25) is 9.59 Å². The van der Waals surface area contributed by atoms with E-state index in [2.05, 4.69) is 41.9 Å². The molecule has 5 nitrogen and oxygen atoms in total. The van der Waals surface area contributed by atoms with Crippen LogP contribution in [0.5, 0.6) is 0 Å². The third-order valence-electron chi connectivity index (χ3n) is 8.12. The van der Waals surface area contributed by atoms with E-state index in [0.717, 1.165) is 17.9 Å². The molecule has 2 N–H and O–H groups in total. The Kier molecular flexibility index (Phi) is 6.67. The summed E-state index contributed by atoms with van der Waals surface area (Å²) in [6.07, 6.45) is 8.82. The predicted molar refractivity (Wildman–Crippen MR) is 136 cm³/mol. The Morgan fingerprint density at radius 3 is 2.38 bits per heavy atom. The number of nitrogens with zero attached hydrogens (tertiary/aromatic N) is 1. The number of aliphatic carboxylic acids is 1. The minimum absolute atomic E-state index is 0.0939. The van der Waals surface area contributed by atoms with Crippen molar-refractivity contribution in [1.82, 2.24) is 9.88 Å². The summed E-state index contributed by atoms with van der Waals surface area (Å²) in [6, 6.07) is 8.88. The number of carbonyl (C=O) groups excluding carboxylic acids is 1. The van der Waals surface area contributed by atoms with E-state index >= 15 is 0 Å². The van der Waals surface area contributed by atoms with Gasteiger partial charge < -0.3 is 15.0 Å². The van der Waals surface area contributed by atoms with Crippen molar-refractivity contribution < 1.29 is 14.7 Å². The fourth-order valence-electron chi connectivity index (χ4n) is 5.21. The Hall–Kier alpha value is -2.56. The fourth-order valence-corrected chi connectivity index (χ4v) is 5.21. The first-order valence-electron chi connectivity index (χ1n) is 12.8. The minimum Gasteiger partial charge on any atom is -0.481 e. The Balaban J connectivity index is 1.71. The molecule has 0 atom stereocenters. The first-order chi connectivity index (χ1) is 16.0. The van der Waals surface area contributed by atoms with Crippen molar-refractivity contribution in [2.24, 2.45) is 11.3 Å². The molecule has 1 heterocycles. The van der Waals surface area contributed by atoms with Crippen molar-refractivity contribution in [3.05, 3.63) is 46.6 Å². The van der Waals surface area contributed by atoms with Crippen molar-refractivity contribution >= 4 is 11.9 Å². The summed E-state index contributed by atoms with van der Waals surface area (Å²) in [5.74, 6) is -0.482. The van der Waals surface area contributed by atoms with Crippen LogP contribution in [0.3, 0.4) is 0 Å². The van der Waals surface area contributed by atoms with Gasteiger partial charge in [0.25, 0.3) is 5.91 Å². The number of benzene rings is 1. The topological polar surface area (TPSA) is 71.3 Å². The zero-order valence-corrected chi connectivity index (χ0v) is 21.5. The summed E-state index contributed by atoms with van der Waals surface area (Å²) in [6.45, 7) is 10.8. The zero-order chi connectivity index (χ0) is 24.7. The van der Waals surface area contributed by atoms with Gasteiger partial charge >= 0.3 is 5.97 Å². The number of aryl methyl sites for hydroxylation is 1. The summed E-state index contributed by atoms with van der Waals surface area (Å²) in [5.41, 5.74) is 5.78. The summed E-state index contributed by atoms with van der Waals surface area (Å²) in [5, 5.41) is 12.3. The lowest BCUT2D eigenvalue weighted by Crippen LogP contribution is -2.39. The van der Waals surface area contributed by atoms with Crippen LogP contribution in [-0.4, -0.2) is 28.1 Å². The van der Waals surface area contributed by atoms with Crippen molar-refractivity contribution in [2.75, 3.05) is 6.54 Å². The highest BCUT2D eigenvalue weighted by atomic mass is 16.4. The van der Waals surface area contributed by atoms with E-state index in [1.807, 2.05) is 13.0 Å². The van der Waals surface area contributed by atoms with E-state index in [9.17, 15) is 14.7 Å². The maximum atomic E-state index is 13.2. The summed E-state index contributed by atoms with van der Waals surface area (Å²) >= 11 is 0. The molecule has 1 aromatic carbocycles. The highest BCUT2D eigenvalue weighted by Gasteiger charge is 2.39. The van der Waals surface area contributed by atoms with Crippen LogP contribution in [0.25, 0.3) is 11.3 Å². The molecular formula is C29H40N2O3. The second kappa shape index (κ2) is 9.24. The van der Waals surface area contributed by atoms with Crippen molar-refractivity contribution in [1.29, 1.82) is 0 Å². The van der Waals surface area contributed by atoms with Crippen LogP contribution in [0, 0.1) is 25.2 Å². The molecule has 1 aromatic heterocycles. The SMILES string of the molecule is Cc1cc(-c2cc(C(=O)NCC(C)(C)C(=O)O)c(C)n2CC2CCCCC2)cc(C2(C)CC2)c1. The minimum atomic E-state index is -1.01. The molecule has 1 amide bonds. The van der Waals surface area contributed by atoms with Crippen molar-refractivity contribution in [3.8, 4) is 11.3 Å². The Labute approximate surface area is 203 Å². The highest BCUT2D eigenvalue weighted by molar-refractivity contribution is 5.97. The number of carboxylic acid groups (broad SMARTS) is 1. The van der Waals surface area contributed by atoms with E-state index in [4.69, 9.17) is 0 Å². The average molecular weight is 465 g/mol. The third-order valence-corrected chi connectivity index (χ3v) is 8.12. The molecule has 2 aromatic rings. The molecule has 4 rings (SSSR count). The average Bonchev–Trinajstić information content (AvgIpc) is 3.47. The normalized spacial score (nSPS) is 18.0. The molecule has 2 fully saturated rings. The van der Waals surface area contributed by atoms with Gasteiger partial charge in [-0.2, -0.15) is 0 Å². The molecule has 0 radical (unpaired) electrons. The smallest absolute Gasteiger partial charge is 0.310 e. The highest BCUT2D eigenvalue weighted by Crippen LogP contribution is 2.48. The van der Waals surface area contributed by atoms with Crippen LogP contribution in [-0.2, 0) is 16.8 Å². The summed E-state index contributed by atoms with van der Waals surface area (Å²) in [4.78, 5) is 24.7. The molecule has 34 heavy (non-hydrogen) atoms. The Morgan fingerprint density at radius 2 is 1.76 bits per heavy atom. The van der Waals surface area contributed by atoms with Crippen LogP contribution in [0.1, 0.15) is 92.9 Å². The number of hydrogen-bond donors (Lipinski definition) is 2. The first kappa shape index (κ1) is 24.6. The maximum absolute atomic E-state index is 13.2. The Bertz CT molecular complexity index is 1090. The molecule has 2 saturated carbocycles. The Morgan fingerprint density at radius 1 is 1.09 bits per heavy atom. The van der Waals surface area contributed by atoms with Gasteiger partial charge in [0, 0.05) is 24.5 Å². The summed E-state index contributed by atoms with van der Waals surface area (Å²) in [7, 11) is 0. The largest absolute Gasteiger partial charge is 0.481 e. The molecule has 0 unspecified atom stereocenters. The van der Waals surface area contributed by atoms with E-state index < -0.39 is 11.4 Å². The van der Waals surface area contributed by atoms with E-state index in [1.165, 1.54) is 61.6 Å². The quantitative estimate of drug-likeness (QED) is 0.485. The van der Waals surface area contributed by atoms with Crippen LogP contribution >= 0.6 is 0 Å². The van der Waals surface area contributed by atoms with Crippen molar-refractivity contribution in [3.63, 3.8) is 0 Å². The molecule has 184 valence electrons. The molecule has 0 saturated heterocycles. The number of aromatic nitrogens is 1.